The molecule has 12 heteroatoms. The molecule has 0 aliphatic heterocycles. The lowest BCUT2D eigenvalue weighted by atomic mass is 10.1. The maximum Gasteiger partial charge on any atom is 0.318 e. The zero-order valence-corrected chi connectivity index (χ0v) is 19.4. The molecule has 0 atom stereocenters. The van der Waals surface area contributed by atoms with Crippen molar-refractivity contribution in [3.63, 3.8) is 0 Å². The lowest BCUT2D eigenvalue weighted by molar-refractivity contribution is 0.102. The molecule has 0 aliphatic carbocycles. The average molecular weight is 506 g/mol. The Labute approximate surface area is 200 Å². The van der Waals surface area contributed by atoms with Crippen molar-refractivity contribution < 1.29 is 22.4 Å². The van der Waals surface area contributed by atoms with Gasteiger partial charge in [-0.05, 0) is 54.1 Å². The normalized spacial score (nSPS) is 10.9. The number of hydrogen-bond donors (Lipinski definition) is 5. The predicted octanol–water partition coefficient (Wildman–Crippen LogP) is 3.74. The molecule has 0 saturated carbocycles. The zero-order chi connectivity index (χ0) is 24.9. The fourth-order valence-electron chi connectivity index (χ4n) is 2.95. The highest BCUT2D eigenvalue weighted by molar-refractivity contribution is 7.92. The van der Waals surface area contributed by atoms with Crippen LogP contribution >= 0.6 is 11.6 Å². The van der Waals surface area contributed by atoms with Gasteiger partial charge in [0.2, 0.25) is 0 Å². The molecule has 0 heterocycles. The van der Waals surface area contributed by atoms with E-state index in [2.05, 4.69) is 20.7 Å². The fourth-order valence-corrected chi connectivity index (χ4v) is 4.29. The van der Waals surface area contributed by atoms with Crippen molar-refractivity contribution in [3.05, 3.63) is 82.6 Å². The molecular formula is C22H21ClFN5O4S. The van der Waals surface area contributed by atoms with E-state index in [4.69, 9.17) is 17.3 Å². The Hall–Kier alpha value is -3.67. The molecule has 3 aromatic carbocycles. The van der Waals surface area contributed by atoms with Crippen LogP contribution in [-0.2, 0) is 16.6 Å². The van der Waals surface area contributed by atoms with E-state index in [9.17, 15) is 22.4 Å². The van der Waals surface area contributed by atoms with Crippen molar-refractivity contribution in [2.45, 2.75) is 11.4 Å². The van der Waals surface area contributed by atoms with Crippen LogP contribution in [0.25, 0.3) is 0 Å². The molecule has 0 unspecified atom stereocenters. The van der Waals surface area contributed by atoms with Gasteiger partial charge in [0.25, 0.3) is 15.9 Å². The molecule has 0 saturated heterocycles. The number of benzene rings is 3. The number of anilines is 3. The highest BCUT2D eigenvalue weighted by Gasteiger charge is 2.19. The standard InChI is InChI=1S/C22H21ClFN5O4S/c1-26-22(31)28-14-7-9-16(10-8-14)34(32,33)29-19-11-15(6-5-13(19)12-25)27-21(30)20-17(23)3-2-4-18(20)24/h2-11,29H,12,25H2,1H3,(H,27,30)(H2,26,28,31). The van der Waals surface area contributed by atoms with Crippen molar-refractivity contribution in [3.8, 4) is 0 Å². The number of halogens is 2. The third-order valence-electron chi connectivity index (χ3n) is 4.67. The van der Waals surface area contributed by atoms with Crippen LogP contribution in [0.2, 0.25) is 5.02 Å². The second-order valence-corrected chi connectivity index (χ2v) is 9.05. The minimum Gasteiger partial charge on any atom is -0.341 e. The second-order valence-electron chi connectivity index (χ2n) is 6.96. The highest BCUT2D eigenvalue weighted by Crippen LogP contribution is 2.26. The molecule has 9 nitrogen and oxygen atoms in total. The second kappa shape index (κ2) is 10.5. The van der Waals surface area contributed by atoms with Crippen LogP contribution < -0.4 is 26.4 Å². The molecule has 3 aromatic rings. The quantitative estimate of drug-likeness (QED) is 0.332. The Morgan fingerprint density at radius 1 is 1.00 bits per heavy atom. The SMILES string of the molecule is CNC(=O)Nc1ccc(S(=O)(=O)Nc2cc(NC(=O)c3c(F)cccc3Cl)ccc2CN)cc1. The number of nitrogens with two attached hydrogens (primary N) is 1. The van der Waals surface area contributed by atoms with Crippen LogP contribution in [0, 0.1) is 5.82 Å². The Morgan fingerprint density at radius 2 is 1.68 bits per heavy atom. The molecule has 0 aliphatic rings. The zero-order valence-electron chi connectivity index (χ0n) is 17.9. The summed E-state index contributed by atoms with van der Waals surface area (Å²) in [6.45, 7) is 0.0141. The number of carbonyl (C=O) groups is 2. The van der Waals surface area contributed by atoms with E-state index in [0.29, 0.717) is 11.3 Å². The Morgan fingerprint density at radius 3 is 2.29 bits per heavy atom. The maximum atomic E-state index is 14.1. The number of nitrogens with one attached hydrogen (secondary N) is 4. The minimum atomic E-state index is -4.04. The average Bonchev–Trinajstić information content (AvgIpc) is 2.79. The Balaban J connectivity index is 1.84. The number of carbonyl (C=O) groups excluding carboxylic acids is 2. The Bertz CT molecular complexity index is 1310. The van der Waals surface area contributed by atoms with Gasteiger partial charge in [-0.3, -0.25) is 9.52 Å². The molecule has 3 amide bonds. The van der Waals surface area contributed by atoms with Crippen molar-refractivity contribution in [1.82, 2.24) is 5.32 Å². The van der Waals surface area contributed by atoms with Crippen LogP contribution in [-0.4, -0.2) is 27.4 Å². The highest BCUT2D eigenvalue weighted by atomic mass is 35.5. The van der Waals surface area contributed by atoms with Crippen LogP contribution in [0.1, 0.15) is 15.9 Å². The molecule has 0 radical (unpaired) electrons. The summed E-state index contributed by atoms with van der Waals surface area (Å²) in [6.07, 6.45) is 0. The molecule has 0 spiro atoms. The van der Waals surface area contributed by atoms with E-state index in [1.54, 1.807) is 0 Å². The van der Waals surface area contributed by atoms with Gasteiger partial charge in [-0.15, -0.1) is 0 Å². The van der Waals surface area contributed by atoms with Gasteiger partial charge >= 0.3 is 6.03 Å². The number of urea groups is 1. The van der Waals surface area contributed by atoms with Crippen molar-refractivity contribution in [1.29, 1.82) is 0 Å². The summed E-state index contributed by atoms with van der Waals surface area (Å²) in [7, 11) is -2.58. The van der Waals surface area contributed by atoms with Gasteiger partial charge in [-0.1, -0.05) is 23.7 Å². The first-order chi connectivity index (χ1) is 16.1. The van der Waals surface area contributed by atoms with Crippen molar-refractivity contribution >= 4 is 50.6 Å². The summed E-state index contributed by atoms with van der Waals surface area (Å²) in [5.41, 5.74) is 6.59. The summed E-state index contributed by atoms with van der Waals surface area (Å²) in [6, 6.07) is 13.3. The third kappa shape index (κ3) is 5.81. The largest absolute Gasteiger partial charge is 0.341 e. The van der Waals surface area contributed by atoms with E-state index < -0.39 is 27.8 Å². The molecule has 3 rings (SSSR count). The van der Waals surface area contributed by atoms with Crippen LogP contribution in [0.3, 0.4) is 0 Å². The van der Waals surface area contributed by atoms with E-state index in [-0.39, 0.29) is 33.4 Å². The van der Waals surface area contributed by atoms with Gasteiger partial charge in [0, 0.05) is 25.0 Å². The van der Waals surface area contributed by atoms with Gasteiger partial charge in [0.05, 0.1) is 21.2 Å². The van der Waals surface area contributed by atoms with Crippen molar-refractivity contribution in [2.75, 3.05) is 22.4 Å². The van der Waals surface area contributed by atoms with Crippen LogP contribution in [0.4, 0.5) is 26.2 Å². The number of amides is 3. The minimum absolute atomic E-state index is 0.0141. The molecule has 0 bridgehead atoms. The van der Waals surface area contributed by atoms with Gasteiger partial charge in [0.15, 0.2) is 0 Å². The molecular weight excluding hydrogens is 485 g/mol. The van der Waals surface area contributed by atoms with Crippen molar-refractivity contribution in [2.24, 2.45) is 5.73 Å². The maximum absolute atomic E-state index is 14.1. The third-order valence-corrected chi connectivity index (χ3v) is 6.37. The topological polar surface area (TPSA) is 142 Å². The monoisotopic (exact) mass is 505 g/mol. The predicted molar refractivity (Wildman–Crippen MR) is 129 cm³/mol. The number of sulfonamides is 1. The first kappa shape index (κ1) is 25.0. The van der Waals surface area contributed by atoms with Crippen LogP contribution in [0.15, 0.2) is 65.6 Å². The first-order valence-corrected chi connectivity index (χ1v) is 11.7. The van der Waals surface area contributed by atoms with Crippen LogP contribution in [0.5, 0.6) is 0 Å². The summed E-state index contributed by atoms with van der Waals surface area (Å²) in [4.78, 5) is 23.8. The summed E-state index contributed by atoms with van der Waals surface area (Å²) in [5, 5.41) is 7.36. The molecule has 34 heavy (non-hydrogen) atoms. The molecule has 178 valence electrons. The summed E-state index contributed by atoms with van der Waals surface area (Å²) in [5.74, 6) is -1.59. The van der Waals surface area contributed by atoms with E-state index in [1.807, 2.05) is 0 Å². The molecule has 0 aromatic heterocycles. The van der Waals surface area contributed by atoms with Gasteiger partial charge < -0.3 is 21.7 Å². The number of rotatable bonds is 7. The summed E-state index contributed by atoms with van der Waals surface area (Å²) >= 11 is 5.94. The summed E-state index contributed by atoms with van der Waals surface area (Å²) < 4.78 is 42.3. The molecule has 6 N–H and O–H groups in total. The fraction of sp³-hybridized carbons (Fsp3) is 0.0909. The van der Waals surface area contributed by atoms with Gasteiger partial charge in [-0.2, -0.15) is 0 Å². The van der Waals surface area contributed by atoms with E-state index in [1.165, 1.54) is 61.6 Å². The van der Waals surface area contributed by atoms with Gasteiger partial charge in [-0.25, -0.2) is 17.6 Å². The lowest BCUT2D eigenvalue weighted by Crippen LogP contribution is -2.24. The first-order valence-electron chi connectivity index (χ1n) is 9.84. The smallest absolute Gasteiger partial charge is 0.318 e. The van der Waals surface area contributed by atoms with E-state index in [0.717, 1.165) is 6.07 Å². The number of hydrogen-bond acceptors (Lipinski definition) is 5. The van der Waals surface area contributed by atoms with Gasteiger partial charge in [0.1, 0.15) is 5.82 Å². The lowest BCUT2D eigenvalue weighted by Gasteiger charge is -2.15. The molecule has 0 fully saturated rings. The van der Waals surface area contributed by atoms with E-state index >= 15 is 0 Å². The Kier molecular flexibility index (Phi) is 7.72.